The van der Waals surface area contributed by atoms with Gasteiger partial charge in [-0.2, -0.15) is 0 Å². The summed E-state index contributed by atoms with van der Waals surface area (Å²) in [6, 6.07) is 9.26. The Bertz CT molecular complexity index is 1320. The van der Waals surface area contributed by atoms with E-state index in [0.29, 0.717) is 53.8 Å². The molecule has 0 radical (unpaired) electrons. The summed E-state index contributed by atoms with van der Waals surface area (Å²) in [4.78, 5) is 32.2. The molecule has 2 aromatic carbocycles. The highest BCUT2D eigenvalue weighted by Crippen LogP contribution is 2.39. The summed E-state index contributed by atoms with van der Waals surface area (Å²) in [6.07, 6.45) is 0.987. The summed E-state index contributed by atoms with van der Waals surface area (Å²) >= 11 is 0. The predicted octanol–water partition coefficient (Wildman–Crippen LogP) is 2.65. The molecule has 2 aliphatic heterocycles. The summed E-state index contributed by atoms with van der Waals surface area (Å²) in [5.41, 5.74) is 8.12. The van der Waals surface area contributed by atoms with Gasteiger partial charge in [0.25, 0.3) is 0 Å². The summed E-state index contributed by atoms with van der Waals surface area (Å²) in [7, 11) is 1.52. The quantitative estimate of drug-likeness (QED) is 0.471. The van der Waals surface area contributed by atoms with Crippen LogP contribution in [0.15, 0.2) is 40.8 Å². The second-order valence-corrected chi connectivity index (χ2v) is 9.07. The number of aryl methyl sites for hydroxylation is 2. The van der Waals surface area contributed by atoms with Gasteiger partial charge in [0, 0.05) is 24.6 Å². The summed E-state index contributed by atoms with van der Waals surface area (Å²) < 4.78 is 17.4. The molecule has 36 heavy (non-hydrogen) atoms. The average molecular weight is 493 g/mol. The van der Waals surface area contributed by atoms with Crippen molar-refractivity contribution in [1.29, 1.82) is 0 Å². The maximum atomic E-state index is 13.1. The van der Waals surface area contributed by atoms with Crippen LogP contribution in [0.1, 0.15) is 29.9 Å². The Hall–Kier alpha value is -4.05. The molecule has 0 saturated carbocycles. The van der Waals surface area contributed by atoms with Gasteiger partial charge in [-0.1, -0.05) is 6.07 Å². The normalized spacial score (nSPS) is 20.1. The van der Waals surface area contributed by atoms with Crippen LogP contribution in [0.2, 0.25) is 0 Å². The molecule has 10 nitrogen and oxygen atoms in total. The van der Waals surface area contributed by atoms with E-state index < -0.39 is 6.04 Å². The van der Waals surface area contributed by atoms with Crippen LogP contribution >= 0.6 is 0 Å². The van der Waals surface area contributed by atoms with Gasteiger partial charge in [0.05, 0.1) is 13.7 Å². The van der Waals surface area contributed by atoms with Gasteiger partial charge in [-0.3, -0.25) is 9.59 Å². The fourth-order valence-electron chi connectivity index (χ4n) is 4.60. The number of methoxy groups -OCH3 is 1. The molecule has 1 fully saturated rings. The molecule has 10 heteroatoms. The number of nitrogens with two attached hydrogens (primary N) is 1. The van der Waals surface area contributed by atoms with Crippen LogP contribution in [0.5, 0.6) is 23.0 Å². The van der Waals surface area contributed by atoms with Crippen molar-refractivity contribution in [3.8, 4) is 34.5 Å². The first-order valence-corrected chi connectivity index (χ1v) is 11.8. The number of fused-ring (bicyclic) bond motifs is 8. The molecule has 2 atom stereocenters. The van der Waals surface area contributed by atoms with Gasteiger partial charge in [0.15, 0.2) is 23.0 Å². The SMILES string of the molecule is COc1ccc2cc1Oc1cc(ccc1O)CCC(=O)N1C[C@@H](N)C[C@H]1C(=O)NCc1nc-2oc1C. The van der Waals surface area contributed by atoms with Crippen LogP contribution in [0, 0.1) is 6.92 Å². The number of carbonyl (C=O) groups is 2. The molecule has 0 unspecified atom stereocenters. The van der Waals surface area contributed by atoms with E-state index in [1.165, 1.54) is 13.2 Å². The van der Waals surface area contributed by atoms with E-state index in [9.17, 15) is 14.7 Å². The van der Waals surface area contributed by atoms with E-state index in [1.807, 2.05) is 0 Å². The van der Waals surface area contributed by atoms with Gasteiger partial charge in [0.1, 0.15) is 17.5 Å². The Morgan fingerprint density at radius 1 is 1.17 bits per heavy atom. The lowest BCUT2D eigenvalue weighted by atomic mass is 10.1. The van der Waals surface area contributed by atoms with Gasteiger partial charge >= 0.3 is 0 Å². The van der Waals surface area contributed by atoms with Crippen LogP contribution in [0.4, 0.5) is 0 Å². The number of benzene rings is 2. The van der Waals surface area contributed by atoms with Crippen molar-refractivity contribution in [3.63, 3.8) is 0 Å². The van der Waals surface area contributed by atoms with Crippen molar-refractivity contribution < 1.29 is 28.6 Å². The Balaban J connectivity index is 1.56. The first-order chi connectivity index (χ1) is 17.3. The summed E-state index contributed by atoms with van der Waals surface area (Å²) in [5, 5.41) is 13.3. The number of phenolic OH excluding ortho intramolecular Hbond substituents is 1. The number of aromatic nitrogens is 1. The Morgan fingerprint density at radius 2 is 2.00 bits per heavy atom. The molecule has 4 N–H and O–H groups in total. The van der Waals surface area contributed by atoms with Crippen molar-refractivity contribution in [2.75, 3.05) is 13.7 Å². The summed E-state index contributed by atoms with van der Waals surface area (Å²) in [5.74, 6) is 1.47. The fourth-order valence-corrected chi connectivity index (χ4v) is 4.60. The third-order valence-electron chi connectivity index (χ3n) is 6.56. The Morgan fingerprint density at radius 3 is 2.81 bits per heavy atom. The standard InChI is InChI=1S/C26H28N4O6/c1-14-18-12-28-25(33)19-11-17(27)13-30(19)24(32)8-4-15-3-6-20(31)22(9-15)36-23-10-16(26(29-18)35-14)5-7-21(23)34-2/h3,5-7,9-10,17,19,31H,4,8,11-13,27H2,1-2H3,(H,28,33)/t17-,19-/m0/s1. The molecule has 0 aliphatic carbocycles. The number of amides is 2. The average Bonchev–Trinajstić information content (AvgIpc) is 3.44. The number of aromatic hydroxyl groups is 1. The van der Waals surface area contributed by atoms with Crippen LogP contribution in [0.3, 0.4) is 0 Å². The maximum absolute atomic E-state index is 13.1. The monoisotopic (exact) mass is 492 g/mol. The number of hydrogen-bond donors (Lipinski definition) is 3. The highest BCUT2D eigenvalue weighted by Gasteiger charge is 2.37. The van der Waals surface area contributed by atoms with Gasteiger partial charge in [-0.05, 0) is 55.7 Å². The van der Waals surface area contributed by atoms with Crippen LogP contribution < -0.4 is 20.5 Å². The number of hydrogen-bond acceptors (Lipinski definition) is 8. The zero-order valence-electron chi connectivity index (χ0n) is 20.1. The lowest BCUT2D eigenvalue weighted by Crippen LogP contribution is -2.45. The van der Waals surface area contributed by atoms with E-state index >= 15 is 0 Å². The fraction of sp³-hybridized carbons (Fsp3) is 0.346. The molecule has 3 heterocycles. The van der Waals surface area contributed by atoms with Crippen molar-refractivity contribution in [2.45, 2.75) is 44.8 Å². The van der Waals surface area contributed by atoms with E-state index in [2.05, 4.69) is 10.3 Å². The van der Waals surface area contributed by atoms with Gasteiger partial charge < -0.3 is 34.9 Å². The minimum absolute atomic E-state index is 0.0524. The maximum Gasteiger partial charge on any atom is 0.243 e. The van der Waals surface area contributed by atoms with Crippen molar-refractivity contribution in [3.05, 3.63) is 53.4 Å². The molecule has 5 rings (SSSR count). The van der Waals surface area contributed by atoms with E-state index in [-0.39, 0.29) is 42.3 Å². The number of nitrogens with one attached hydrogen (secondary N) is 1. The predicted molar refractivity (Wildman–Crippen MR) is 130 cm³/mol. The lowest BCUT2D eigenvalue weighted by Gasteiger charge is -2.24. The molecule has 3 aromatic rings. The molecule has 188 valence electrons. The molecule has 0 spiro atoms. The Labute approximate surface area is 208 Å². The molecular weight excluding hydrogens is 464 g/mol. The minimum atomic E-state index is -0.638. The van der Waals surface area contributed by atoms with Crippen molar-refractivity contribution in [1.82, 2.24) is 15.2 Å². The number of rotatable bonds is 1. The minimum Gasteiger partial charge on any atom is -0.504 e. The second kappa shape index (κ2) is 9.54. The Kier molecular flexibility index (Phi) is 6.27. The second-order valence-electron chi connectivity index (χ2n) is 9.07. The molecule has 2 amide bonds. The third kappa shape index (κ3) is 4.59. The number of phenols is 1. The molecular formula is C26H28N4O6. The number of carbonyl (C=O) groups excluding carboxylic acids is 2. The summed E-state index contributed by atoms with van der Waals surface area (Å²) in [6.45, 7) is 2.24. The van der Waals surface area contributed by atoms with Gasteiger partial charge in [-0.15, -0.1) is 0 Å². The molecule has 2 aliphatic rings. The first kappa shape index (κ1) is 23.7. The lowest BCUT2D eigenvalue weighted by molar-refractivity contribution is -0.138. The van der Waals surface area contributed by atoms with E-state index in [1.54, 1.807) is 42.2 Å². The molecule has 1 saturated heterocycles. The van der Waals surface area contributed by atoms with Gasteiger partial charge in [0.2, 0.25) is 17.7 Å². The highest BCUT2D eigenvalue weighted by molar-refractivity contribution is 5.88. The number of oxazole rings is 1. The van der Waals surface area contributed by atoms with Crippen LogP contribution in [0.25, 0.3) is 11.5 Å². The first-order valence-electron chi connectivity index (χ1n) is 11.8. The molecule has 1 aromatic heterocycles. The van der Waals surface area contributed by atoms with Gasteiger partial charge in [-0.25, -0.2) is 4.98 Å². The largest absolute Gasteiger partial charge is 0.504 e. The van der Waals surface area contributed by atoms with E-state index in [0.717, 1.165) is 5.56 Å². The van der Waals surface area contributed by atoms with Crippen molar-refractivity contribution in [2.24, 2.45) is 5.73 Å². The topological polar surface area (TPSA) is 140 Å². The van der Waals surface area contributed by atoms with Crippen molar-refractivity contribution >= 4 is 11.8 Å². The van der Waals surface area contributed by atoms with Crippen LogP contribution in [-0.2, 0) is 22.6 Å². The number of ether oxygens (including phenoxy) is 2. The molecule has 6 bridgehead atoms. The number of nitrogens with zero attached hydrogens (tertiary/aromatic N) is 2. The van der Waals surface area contributed by atoms with Crippen LogP contribution in [-0.4, -0.2) is 52.5 Å². The van der Waals surface area contributed by atoms with E-state index in [4.69, 9.17) is 19.6 Å². The highest BCUT2D eigenvalue weighted by atomic mass is 16.5. The zero-order chi connectivity index (χ0) is 25.4. The smallest absolute Gasteiger partial charge is 0.243 e. The zero-order valence-corrected chi connectivity index (χ0v) is 20.1. The third-order valence-corrected chi connectivity index (χ3v) is 6.56.